The summed E-state index contributed by atoms with van der Waals surface area (Å²) in [7, 11) is -8.14. The van der Waals surface area contributed by atoms with Crippen LogP contribution in [0.3, 0.4) is 0 Å². The minimum absolute atomic E-state index is 0.0240. The first kappa shape index (κ1) is 18.1. The first-order chi connectivity index (χ1) is 8.10. The predicted molar refractivity (Wildman–Crippen MR) is 63.6 cm³/mol. The molecule has 0 aliphatic carbocycles. The minimum Gasteiger partial charge on any atom is -0.390 e. The van der Waals surface area contributed by atoms with E-state index in [0.717, 1.165) is 0 Å². The molecule has 1 unspecified atom stereocenters. The highest BCUT2D eigenvalue weighted by Crippen LogP contribution is 2.31. The van der Waals surface area contributed by atoms with E-state index in [1.807, 2.05) is 0 Å². The van der Waals surface area contributed by atoms with Gasteiger partial charge in [-0.1, -0.05) is 0 Å². The Balaban J connectivity index is 3.43. The van der Waals surface area contributed by atoms with Crippen molar-refractivity contribution in [2.45, 2.75) is 18.6 Å². The Morgan fingerprint density at radius 3 is 2.39 bits per heavy atom. The third-order valence-electron chi connectivity index (χ3n) is 1.81. The molecule has 0 amide bonds. The standard InChI is InChI=1S/C7H20NO8PSi/c9-7(4-8-6-17(10,11)12)5-16-2-1-3-18(13,14)15/h7-9,13-15H,1-6H2,(H2,10,11,12). The molecule has 18 heavy (non-hydrogen) atoms. The van der Waals surface area contributed by atoms with Gasteiger partial charge in [0.05, 0.1) is 19.0 Å². The van der Waals surface area contributed by atoms with Gasteiger partial charge >= 0.3 is 16.4 Å². The van der Waals surface area contributed by atoms with E-state index in [9.17, 15) is 9.67 Å². The summed E-state index contributed by atoms with van der Waals surface area (Å²) in [4.78, 5) is 43.1. The van der Waals surface area contributed by atoms with Crippen molar-refractivity contribution in [1.29, 1.82) is 0 Å². The Morgan fingerprint density at radius 2 is 1.89 bits per heavy atom. The second kappa shape index (κ2) is 8.33. The lowest BCUT2D eigenvalue weighted by Gasteiger charge is -2.13. The third-order valence-corrected chi connectivity index (χ3v) is 3.47. The van der Waals surface area contributed by atoms with Gasteiger partial charge in [-0.3, -0.25) is 4.57 Å². The van der Waals surface area contributed by atoms with Crippen LogP contribution in [0.4, 0.5) is 0 Å². The molecule has 11 heteroatoms. The van der Waals surface area contributed by atoms with Crippen LogP contribution >= 0.6 is 7.60 Å². The Labute approximate surface area is 106 Å². The van der Waals surface area contributed by atoms with Gasteiger partial charge in [0.2, 0.25) is 0 Å². The van der Waals surface area contributed by atoms with Crippen molar-refractivity contribution < 1.29 is 38.6 Å². The second-order valence-electron chi connectivity index (χ2n) is 3.88. The lowest BCUT2D eigenvalue weighted by atomic mass is 10.4. The molecular weight excluding hydrogens is 285 g/mol. The van der Waals surface area contributed by atoms with E-state index in [0.29, 0.717) is 0 Å². The normalized spacial score (nSPS) is 14.8. The molecule has 0 aliphatic heterocycles. The van der Waals surface area contributed by atoms with E-state index in [1.165, 1.54) is 0 Å². The summed E-state index contributed by atoms with van der Waals surface area (Å²) in [6, 6.07) is -0.139. The Bertz CT molecular complexity index is 267. The largest absolute Gasteiger partial charge is 0.492 e. The quantitative estimate of drug-likeness (QED) is 0.130. The van der Waals surface area contributed by atoms with Gasteiger partial charge in [-0.25, -0.2) is 0 Å². The zero-order valence-corrected chi connectivity index (χ0v) is 11.7. The molecule has 7 N–H and O–H groups in total. The summed E-state index contributed by atoms with van der Waals surface area (Å²) in [6.45, 7) is 0.0702. The van der Waals surface area contributed by atoms with E-state index in [2.05, 4.69) is 5.32 Å². The van der Waals surface area contributed by atoms with E-state index in [4.69, 9.17) is 28.9 Å². The molecule has 110 valence electrons. The molecule has 9 nitrogen and oxygen atoms in total. The lowest BCUT2D eigenvalue weighted by Crippen LogP contribution is -2.34. The number of aliphatic hydroxyl groups is 1. The van der Waals surface area contributed by atoms with Crippen LogP contribution in [0.2, 0.25) is 6.04 Å². The molecule has 0 fully saturated rings. The number of hydrogen-bond donors (Lipinski definition) is 7. The molecule has 0 aromatic rings. The molecule has 0 aromatic carbocycles. The van der Waals surface area contributed by atoms with Crippen molar-refractivity contribution in [2.75, 3.05) is 26.0 Å². The lowest BCUT2D eigenvalue weighted by molar-refractivity contribution is 0.0368. The summed E-state index contributed by atoms with van der Waals surface area (Å²) in [6.07, 6.45) is -1.19. The van der Waals surface area contributed by atoms with Crippen molar-refractivity contribution in [1.82, 2.24) is 5.32 Å². The zero-order valence-electron chi connectivity index (χ0n) is 9.77. The van der Waals surface area contributed by atoms with Crippen LogP contribution < -0.4 is 5.32 Å². The highest BCUT2D eigenvalue weighted by molar-refractivity contribution is 7.51. The van der Waals surface area contributed by atoms with Gasteiger partial charge in [0.15, 0.2) is 0 Å². The number of rotatable bonds is 10. The zero-order chi connectivity index (χ0) is 14.2. The predicted octanol–water partition coefficient (Wildman–Crippen LogP) is -2.61. The van der Waals surface area contributed by atoms with Crippen molar-refractivity contribution in [3.05, 3.63) is 0 Å². The topological polar surface area (TPSA) is 160 Å². The molecule has 0 bridgehead atoms. The Kier molecular flexibility index (Phi) is 8.39. The molecule has 0 saturated carbocycles. The maximum atomic E-state index is 10.5. The Hall–Kier alpha value is 0.127. The van der Waals surface area contributed by atoms with Gasteiger partial charge in [0.25, 0.3) is 0 Å². The van der Waals surface area contributed by atoms with Crippen LogP contribution in [0.5, 0.6) is 0 Å². The van der Waals surface area contributed by atoms with Gasteiger partial charge in [-0.15, -0.1) is 0 Å². The maximum Gasteiger partial charge on any atom is 0.492 e. The van der Waals surface area contributed by atoms with Crippen LogP contribution in [-0.2, 0) is 9.30 Å². The second-order valence-corrected chi connectivity index (χ2v) is 7.58. The summed E-state index contributed by atoms with van der Waals surface area (Å²) in [5.74, 6) is 0. The van der Waals surface area contributed by atoms with Crippen LogP contribution in [0, 0.1) is 0 Å². The van der Waals surface area contributed by atoms with Crippen LogP contribution in [0.25, 0.3) is 0 Å². The number of ether oxygens (including phenoxy) is 1. The van der Waals surface area contributed by atoms with Gasteiger partial charge < -0.3 is 39.3 Å². The van der Waals surface area contributed by atoms with Crippen molar-refractivity contribution >= 4 is 16.4 Å². The van der Waals surface area contributed by atoms with Gasteiger partial charge in [-0.2, -0.15) is 0 Å². The molecular formula is C7H20NO8PSi. The number of aliphatic hydroxyl groups excluding tert-OH is 1. The average molecular weight is 305 g/mol. The molecule has 0 saturated heterocycles. The molecule has 0 aromatic heterocycles. The first-order valence-electron chi connectivity index (χ1n) is 5.28. The van der Waals surface area contributed by atoms with Crippen molar-refractivity contribution in [3.8, 4) is 0 Å². The maximum absolute atomic E-state index is 10.5. The number of hydrogen-bond acceptors (Lipinski definition) is 7. The minimum atomic E-state index is -4.12. The van der Waals surface area contributed by atoms with Crippen LogP contribution in [-0.4, -0.2) is 70.2 Å². The molecule has 0 aliphatic rings. The highest BCUT2D eigenvalue weighted by Gasteiger charge is 2.25. The van der Waals surface area contributed by atoms with E-state index in [-0.39, 0.29) is 32.2 Å². The Morgan fingerprint density at radius 1 is 1.28 bits per heavy atom. The first-order valence-corrected chi connectivity index (χ1v) is 9.13. The van der Waals surface area contributed by atoms with E-state index in [1.54, 1.807) is 0 Å². The summed E-state index contributed by atoms with van der Waals surface area (Å²) >= 11 is 0. The fourth-order valence-corrected chi connectivity index (χ4v) is 2.11. The van der Waals surface area contributed by atoms with Crippen LogP contribution in [0.1, 0.15) is 6.42 Å². The van der Waals surface area contributed by atoms with E-state index >= 15 is 0 Å². The summed E-state index contributed by atoms with van der Waals surface area (Å²) in [5.41, 5.74) is 0. The van der Waals surface area contributed by atoms with Crippen LogP contribution in [0.15, 0.2) is 0 Å². The smallest absolute Gasteiger partial charge is 0.390 e. The van der Waals surface area contributed by atoms with E-state index < -0.39 is 28.8 Å². The van der Waals surface area contributed by atoms with Gasteiger partial charge in [0, 0.05) is 19.2 Å². The molecule has 0 heterocycles. The van der Waals surface area contributed by atoms with Crippen molar-refractivity contribution in [3.63, 3.8) is 0 Å². The van der Waals surface area contributed by atoms with Crippen molar-refractivity contribution in [2.24, 2.45) is 0 Å². The molecule has 0 radical (unpaired) electrons. The molecule has 0 spiro atoms. The molecule has 1 atom stereocenters. The van der Waals surface area contributed by atoms with Gasteiger partial charge in [-0.05, 0) is 6.42 Å². The average Bonchev–Trinajstić information content (AvgIpc) is 2.13. The summed E-state index contributed by atoms with van der Waals surface area (Å²) < 4.78 is 15.4. The number of nitrogens with one attached hydrogen (secondary N) is 1. The van der Waals surface area contributed by atoms with Gasteiger partial charge in [0.1, 0.15) is 0 Å². The third kappa shape index (κ3) is 14.2. The highest BCUT2D eigenvalue weighted by atomic mass is 31.2. The SMILES string of the molecule is O=P(O)(O)CNCC(O)COCCC[Si](O)(O)O. The fraction of sp³-hybridized carbons (Fsp3) is 1.00. The fourth-order valence-electron chi connectivity index (χ4n) is 1.07. The monoisotopic (exact) mass is 305 g/mol. The molecule has 0 rings (SSSR count). The summed E-state index contributed by atoms with van der Waals surface area (Å²) in [5, 5.41) is 11.7.